The third kappa shape index (κ3) is 3.96. The number of hydrogen-bond acceptors (Lipinski definition) is 2. The molecule has 4 heteroatoms. The summed E-state index contributed by atoms with van der Waals surface area (Å²) >= 11 is 0. The van der Waals surface area contributed by atoms with Crippen molar-refractivity contribution in [1.29, 1.82) is 0 Å². The molecule has 1 heterocycles. The van der Waals surface area contributed by atoms with Crippen molar-refractivity contribution in [3.8, 4) is 5.75 Å². The van der Waals surface area contributed by atoms with Gasteiger partial charge in [0.2, 0.25) is 5.91 Å². The third-order valence-electron chi connectivity index (χ3n) is 4.17. The molecule has 1 aromatic heterocycles. The van der Waals surface area contributed by atoms with Crippen LogP contribution in [0.5, 0.6) is 5.75 Å². The van der Waals surface area contributed by atoms with Gasteiger partial charge in [0, 0.05) is 36.1 Å². The topological polar surface area (TPSA) is 54.1 Å². The standard InChI is InChI=1S/C20H22N2O2/c1-24-17-8-9-18-16(14-22-19(18)13-17)11-12-21-20(23)10-7-15-5-3-2-4-6-15/h2-6,8-9,13-14,22H,7,10-12H2,1H3,(H,21,23). The first kappa shape index (κ1) is 16.1. The first-order valence-electron chi connectivity index (χ1n) is 8.21. The normalized spacial score (nSPS) is 10.7. The number of ether oxygens (including phenoxy) is 1. The molecular formula is C20H22N2O2. The van der Waals surface area contributed by atoms with E-state index in [1.54, 1.807) is 7.11 Å². The molecule has 0 aliphatic heterocycles. The van der Waals surface area contributed by atoms with Crippen molar-refractivity contribution < 1.29 is 9.53 Å². The predicted molar refractivity (Wildman–Crippen MR) is 96.3 cm³/mol. The van der Waals surface area contributed by atoms with Gasteiger partial charge in [0.25, 0.3) is 0 Å². The number of aromatic nitrogens is 1. The van der Waals surface area contributed by atoms with Crippen molar-refractivity contribution in [2.75, 3.05) is 13.7 Å². The number of nitrogens with one attached hydrogen (secondary N) is 2. The fourth-order valence-electron chi connectivity index (χ4n) is 2.83. The molecule has 0 unspecified atom stereocenters. The van der Waals surface area contributed by atoms with E-state index in [1.807, 2.05) is 48.7 Å². The largest absolute Gasteiger partial charge is 0.497 e. The summed E-state index contributed by atoms with van der Waals surface area (Å²) in [7, 11) is 1.66. The van der Waals surface area contributed by atoms with Crippen LogP contribution in [0.1, 0.15) is 17.5 Å². The maximum absolute atomic E-state index is 12.0. The highest BCUT2D eigenvalue weighted by Crippen LogP contribution is 2.23. The Labute approximate surface area is 141 Å². The second-order valence-electron chi connectivity index (χ2n) is 5.81. The van der Waals surface area contributed by atoms with E-state index in [4.69, 9.17) is 4.74 Å². The molecule has 0 bridgehead atoms. The molecule has 4 nitrogen and oxygen atoms in total. The second-order valence-corrected chi connectivity index (χ2v) is 5.81. The fourth-order valence-corrected chi connectivity index (χ4v) is 2.83. The van der Waals surface area contributed by atoms with E-state index in [1.165, 1.54) is 16.5 Å². The lowest BCUT2D eigenvalue weighted by Crippen LogP contribution is -2.25. The first-order chi connectivity index (χ1) is 11.8. The Hall–Kier alpha value is -2.75. The molecule has 0 aliphatic rings. The molecule has 0 radical (unpaired) electrons. The van der Waals surface area contributed by atoms with E-state index >= 15 is 0 Å². The number of benzene rings is 2. The molecule has 0 atom stereocenters. The summed E-state index contributed by atoms with van der Waals surface area (Å²) in [6.07, 6.45) is 4.11. The molecule has 3 rings (SSSR count). The van der Waals surface area contributed by atoms with Gasteiger partial charge in [-0.2, -0.15) is 0 Å². The van der Waals surface area contributed by atoms with Crippen molar-refractivity contribution in [1.82, 2.24) is 10.3 Å². The monoisotopic (exact) mass is 322 g/mol. The van der Waals surface area contributed by atoms with Gasteiger partial charge >= 0.3 is 0 Å². The third-order valence-corrected chi connectivity index (χ3v) is 4.17. The molecule has 0 fully saturated rings. The number of carbonyl (C=O) groups is 1. The molecule has 0 aliphatic carbocycles. The average Bonchev–Trinajstić information content (AvgIpc) is 3.03. The average molecular weight is 322 g/mol. The lowest BCUT2D eigenvalue weighted by molar-refractivity contribution is -0.121. The molecule has 0 spiro atoms. The summed E-state index contributed by atoms with van der Waals surface area (Å²) < 4.78 is 5.23. The first-order valence-corrected chi connectivity index (χ1v) is 8.21. The zero-order chi connectivity index (χ0) is 16.8. The van der Waals surface area contributed by atoms with Crippen molar-refractivity contribution in [3.05, 3.63) is 65.9 Å². The Morgan fingerprint density at radius 3 is 2.75 bits per heavy atom. The lowest BCUT2D eigenvalue weighted by atomic mass is 10.1. The Morgan fingerprint density at radius 2 is 1.96 bits per heavy atom. The summed E-state index contributed by atoms with van der Waals surface area (Å²) in [4.78, 5) is 15.2. The zero-order valence-electron chi connectivity index (χ0n) is 13.8. The van der Waals surface area contributed by atoms with Gasteiger partial charge in [-0.25, -0.2) is 0 Å². The molecule has 3 aromatic rings. The van der Waals surface area contributed by atoms with Crippen LogP contribution in [0.25, 0.3) is 10.9 Å². The lowest BCUT2D eigenvalue weighted by Gasteiger charge is -2.05. The summed E-state index contributed by atoms with van der Waals surface area (Å²) in [5, 5.41) is 4.18. The molecule has 2 aromatic carbocycles. The van der Waals surface area contributed by atoms with E-state index in [9.17, 15) is 4.79 Å². The van der Waals surface area contributed by atoms with Gasteiger partial charge < -0.3 is 15.0 Å². The van der Waals surface area contributed by atoms with Crippen LogP contribution in [-0.4, -0.2) is 24.5 Å². The van der Waals surface area contributed by atoms with E-state index in [0.717, 1.165) is 24.1 Å². The van der Waals surface area contributed by atoms with Crippen LogP contribution in [0.2, 0.25) is 0 Å². The smallest absolute Gasteiger partial charge is 0.220 e. The maximum atomic E-state index is 12.0. The van der Waals surface area contributed by atoms with E-state index in [0.29, 0.717) is 13.0 Å². The van der Waals surface area contributed by atoms with Gasteiger partial charge in [0.1, 0.15) is 5.75 Å². The van der Waals surface area contributed by atoms with Crippen LogP contribution < -0.4 is 10.1 Å². The fraction of sp³-hybridized carbons (Fsp3) is 0.250. The maximum Gasteiger partial charge on any atom is 0.220 e. The number of methoxy groups -OCH3 is 1. The summed E-state index contributed by atoms with van der Waals surface area (Å²) in [5.41, 5.74) is 3.45. The molecule has 1 amide bonds. The Balaban J connectivity index is 1.48. The minimum atomic E-state index is 0.0976. The van der Waals surface area contributed by atoms with Gasteiger partial charge in [-0.3, -0.25) is 4.79 Å². The Kier molecular flexibility index (Phi) is 5.16. The summed E-state index contributed by atoms with van der Waals surface area (Å²) in [6, 6.07) is 16.1. The molecule has 0 saturated carbocycles. The number of carbonyl (C=O) groups excluding carboxylic acids is 1. The number of amides is 1. The quantitative estimate of drug-likeness (QED) is 0.700. The van der Waals surface area contributed by atoms with Crippen LogP contribution in [0.4, 0.5) is 0 Å². The number of fused-ring (bicyclic) bond motifs is 1. The van der Waals surface area contributed by atoms with Crippen molar-refractivity contribution in [2.24, 2.45) is 0 Å². The van der Waals surface area contributed by atoms with E-state index in [2.05, 4.69) is 16.4 Å². The number of H-pyrrole nitrogens is 1. The minimum absolute atomic E-state index is 0.0976. The second kappa shape index (κ2) is 7.68. The van der Waals surface area contributed by atoms with Crippen LogP contribution in [0, 0.1) is 0 Å². The summed E-state index contributed by atoms with van der Waals surface area (Å²) in [6.45, 7) is 0.645. The van der Waals surface area contributed by atoms with Crippen molar-refractivity contribution in [3.63, 3.8) is 0 Å². The van der Waals surface area contributed by atoms with Gasteiger partial charge in [-0.15, -0.1) is 0 Å². The molecule has 0 saturated heterocycles. The number of aryl methyl sites for hydroxylation is 1. The number of aromatic amines is 1. The van der Waals surface area contributed by atoms with Crippen LogP contribution in [-0.2, 0) is 17.6 Å². The van der Waals surface area contributed by atoms with Gasteiger partial charge in [0.05, 0.1) is 7.11 Å². The predicted octanol–water partition coefficient (Wildman–Crippen LogP) is 3.47. The SMILES string of the molecule is COc1ccc2c(CCNC(=O)CCc3ccccc3)c[nH]c2c1. The highest BCUT2D eigenvalue weighted by Gasteiger charge is 2.06. The molecule has 124 valence electrons. The molecular weight excluding hydrogens is 300 g/mol. The Bertz CT molecular complexity index is 809. The van der Waals surface area contributed by atoms with E-state index < -0.39 is 0 Å². The molecule has 24 heavy (non-hydrogen) atoms. The minimum Gasteiger partial charge on any atom is -0.497 e. The van der Waals surface area contributed by atoms with Gasteiger partial charge in [-0.1, -0.05) is 30.3 Å². The van der Waals surface area contributed by atoms with Crippen LogP contribution in [0.3, 0.4) is 0 Å². The highest BCUT2D eigenvalue weighted by molar-refractivity contribution is 5.84. The van der Waals surface area contributed by atoms with E-state index in [-0.39, 0.29) is 5.91 Å². The highest BCUT2D eigenvalue weighted by atomic mass is 16.5. The Morgan fingerprint density at radius 1 is 1.12 bits per heavy atom. The number of rotatable bonds is 7. The van der Waals surface area contributed by atoms with Crippen molar-refractivity contribution >= 4 is 16.8 Å². The van der Waals surface area contributed by atoms with Gasteiger partial charge in [0.15, 0.2) is 0 Å². The summed E-state index contributed by atoms with van der Waals surface area (Å²) in [5.74, 6) is 0.936. The number of hydrogen-bond donors (Lipinski definition) is 2. The van der Waals surface area contributed by atoms with Crippen LogP contribution >= 0.6 is 0 Å². The molecule has 2 N–H and O–H groups in total. The van der Waals surface area contributed by atoms with Gasteiger partial charge in [-0.05, 0) is 36.1 Å². The van der Waals surface area contributed by atoms with Crippen molar-refractivity contribution in [2.45, 2.75) is 19.3 Å². The zero-order valence-corrected chi connectivity index (χ0v) is 13.8. The van der Waals surface area contributed by atoms with Crippen LogP contribution in [0.15, 0.2) is 54.7 Å².